The van der Waals surface area contributed by atoms with E-state index in [4.69, 9.17) is 9.97 Å². The molecule has 3 aromatic heterocycles. The summed E-state index contributed by atoms with van der Waals surface area (Å²) in [6.07, 6.45) is 10.0. The summed E-state index contributed by atoms with van der Waals surface area (Å²) in [5.41, 5.74) is 2.39. The van der Waals surface area contributed by atoms with Crippen molar-refractivity contribution in [1.29, 1.82) is 0 Å². The molecule has 0 bridgehead atoms. The molecule has 186 valence electrons. The zero-order valence-corrected chi connectivity index (χ0v) is 20.7. The lowest BCUT2D eigenvalue weighted by atomic mass is 10.1. The van der Waals surface area contributed by atoms with Gasteiger partial charge in [-0.1, -0.05) is 6.58 Å². The summed E-state index contributed by atoms with van der Waals surface area (Å²) >= 11 is 0. The van der Waals surface area contributed by atoms with Crippen molar-refractivity contribution in [3.8, 4) is 0 Å². The molecule has 0 radical (unpaired) electrons. The molecule has 2 fully saturated rings. The molecular formula is C24H34N10O. The number of imidazole rings is 1. The van der Waals surface area contributed by atoms with Gasteiger partial charge in [0.05, 0.1) is 24.3 Å². The van der Waals surface area contributed by atoms with Crippen LogP contribution in [0.1, 0.15) is 45.2 Å². The number of amides is 1. The molecule has 0 saturated carbocycles. The standard InChI is InChI=1S/C24H34N10O/c1-5-20(35)27-17-6-11-32(13-17)24-29-22(21-23(30-24)33(15-25-21)16(2)3)28-18-12-26-34(14-18)19-7-9-31(4)10-8-19/h5,12,14-17,19H,1,6-11,13H2,2-4H3,(H,27,35)(H,28,29,30). The van der Waals surface area contributed by atoms with E-state index in [0.29, 0.717) is 24.4 Å². The first kappa shape index (κ1) is 23.3. The maximum Gasteiger partial charge on any atom is 0.243 e. The third-order valence-corrected chi connectivity index (χ3v) is 6.90. The number of hydrogen-bond acceptors (Lipinski definition) is 8. The highest BCUT2D eigenvalue weighted by atomic mass is 16.1. The average molecular weight is 479 g/mol. The first-order chi connectivity index (χ1) is 16.9. The Hall–Kier alpha value is -3.47. The van der Waals surface area contributed by atoms with Crippen LogP contribution >= 0.6 is 0 Å². The third-order valence-electron chi connectivity index (χ3n) is 6.90. The number of rotatable bonds is 7. The number of carbonyl (C=O) groups is 1. The lowest BCUT2D eigenvalue weighted by Crippen LogP contribution is -2.36. The van der Waals surface area contributed by atoms with Crippen LogP contribution in [0.2, 0.25) is 0 Å². The highest BCUT2D eigenvalue weighted by molar-refractivity contribution is 5.87. The number of nitrogens with zero attached hydrogens (tertiary/aromatic N) is 8. The van der Waals surface area contributed by atoms with E-state index in [1.807, 2.05) is 12.5 Å². The van der Waals surface area contributed by atoms with Crippen LogP contribution in [0.5, 0.6) is 0 Å². The highest BCUT2D eigenvalue weighted by Crippen LogP contribution is 2.29. The minimum absolute atomic E-state index is 0.0407. The van der Waals surface area contributed by atoms with Gasteiger partial charge in [0, 0.05) is 31.4 Å². The Morgan fingerprint density at radius 2 is 2.00 bits per heavy atom. The van der Waals surface area contributed by atoms with E-state index in [-0.39, 0.29) is 18.0 Å². The zero-order valence-electron chi connectivity index (χ0n) is 20.7. The van der Waals surface area contributed by atoms with Gasteiger partial charge >= 0.3 is 0 Å². The van der Waals surface area contributed by atoms with Crippen LogP contribution in [0.15, 0.2) is 31.4 Å². The van der Waals surface area contributed by atoms with Crippen molar-refractivity contribution >= 4 is 34.5 Å². The van der Waals surface area contributed by atoms with E-state index in [2.05, 4.69) is 73.4 Å². The monoisotopic (exact) mass is 478 g/mol. The quantitative estimate of drug-likeness (QED) is 0.499. The molecule has 0 aliphatic carbocycles. The van der Waals surface area contributed by atoms with Crippen molar-refractivity contribution in [2.24, 2.45) is 0 Å². The molecule has 1 atom stereocenters. The van der Waals surface area contributed by atoms with E-state index in [9.17, 15) is 4.79 Å². The molecule has 2 aliphatic rings. The Morgan fingerprint density at radius 1 is 1.20 bits per heavy atom. The van der Waals surface area contributed by atoms with Crippen LogP contribution in [0.25, 0.3) is 11.2 Å². The lowest BCUT2D eigenvalue weighted by Gasteiger charge is -2.28. The van der Waals surface area contributed by atoms with Gasteiger partial charge in [-0.25, -0.2) is 4.98 Å². The Balaban J connectivity index is 1.42. The lowest BCUT2D eigenvalue weighted by molar-refractivity contribution is -0.117. The molecule has 3 aromatic rings. The van der Waals surface area contributed by atoms with Crippen molar-refractivity contribution in [2.45, 2.75) is 51.2 Å². The predicted octanol–water partition coefficient (Wildman–Crippen LogP) is 2.49. The van der Waals surface area contributed by atoms with E-state index in [1.165, 1.54) is 6.08 Å². The molecule has 11 nitrogen and oxygen atoms in total. The molecule has 2 N–H and O–H groups in total. The van der Waals surface area contributed by atoms with Crippen LogP contribution in [-0.4, -0.2) is 79.4 Å². The third kappa shape index (κ3) is 4.86. The maximum absolute atomic E-state index is 11.7. The van der Waals surface area contributed by atoms with Crippen LogP contribution < -0.4 is 15.5 Å². The summed E-state index contributed by atoms with van der Waals surface area (Å²) in [6.45, 7) is 11.3. The minimum Gasteiger partial charge on any atom is -0.348 e. The number of anilines is 3. The van der Waals surface area contributed by atoms with E-state index >= 15 is 0 Å². The van der Waals surface area contributed by atoms with E-state index in [0.717, 1.165) is 55.7 Å². The molecule has 2 aliphatic heterocycles. The number of hydrogen-bond donors (Lipinski definition) is 2. The maximum atomic E-state index is 11.7. The van der Waals surface area contributed by atoms with Gasteiger partial charge in [0.1, 0.15) is 0 Å². The Morgan fingerprint density at radius 3 is 2.74 bits per heavy atom. The fraction of sp³-hybridized carbons (Fsp3) is 0.542. The molecule has 0 aromatic carbocycles. The van der Waals surface area contributed by atoms with Gasteiger partial charge in [0.25, 0.3) is 0 Å². The summed E-state index contributed by atoms with van der Waals surface area (Å²) in [5.74, 6) is 1.13. The SMILES string of the molecule is C=CC(=O)NC1CCN(c2nc(Nc3cnn(C4CCN(C)CC4)c3)c3ncn(C(C)C)c3n2)C1. The van der Waals surface area contributed by atoms with Crippen LogP contribution in [-0.2, 0) is 4.79 Å². The summed E-state index contributed by atoms with van der Waals surface area (Å²) in [7, 11) is 2.16. The van der Waals surface area contributed by atoms with Gasteiger partial charge < -0.3 is 25.0 Å². The number of aromatic nitrogens is 6. The fourth-order valence-corrected chi connectivity index (χ4v) is 4.83. The van der Waals surface area contributed by atoms with Crippen molar-refractivity contribution in [3.05, 3.63) is 31.4 Å². The molecule has 5 heterocycles. The molecule has 1 unspecified atom stereocenters. The fourth-order valence-electron chi connectivity index (χ4n) is 4.83. The summed E-state index contributed by atoms with van der Waals surface area (Å²) in [4.78, 5) is 30.6. The first-order valence-corrected chi connectivity index (χ1v) is 12.3. The topological polar surface area (TPSA) is 109 Å². The highest BCUT2D eigenvalue weighted by Gasteiger charge is 2.27. The summed E-state index contributed by atoms with van der Waals surface area (Å²) < 4.78 is 4.12. The molecule has 35 heavy (non-hydrogen) atoms. The molecular weight excluding hydrogens is 444 g/mol. The van der Waals surface area contributed by atoms with Crippen molar-refractivity contribution in [3.63, 3.8) is 0 Å². The Bertz CT molecular complexity index is 1210. The second-order valence-corrected chi connectivity index (χ2v) is 9.80. The second-order valence-electron chi connectivity index (χ2n) is 9.80. The first-order valence-electron chi connectivity index (χ1n) is 12.3. The number of fused-ring (bicyclic) bond motifs is 1. The largest absolute Gasteiger partial charge is 0.348 e. The summed E-state index contributed by atoms with van der Waals surface area (Å²) in [5, 5.41) is 11.1. The predicted molar refractivity (Wildman–Crippen MR) is 136 cm³/mol. The van der Waals surface area contributed by atoms with Crippen LogP contribution in [0.3, 0.4) is 0 Å². The van der Waals surface area contributed by atoms with Crippen molar-refractivity contribution < 1.29 is 4.79 Å². The van der Waals surface area contributed by atoms with Gasteiger partial charge in [-0.05, 0) is 59.3 Å². The van der Waals surface area contributed by atoms with Gasteiger partial charge in [0.15, 0.2) is 17.0 Å². The minimum atomic E-state index is -0.157. The molecule has 5 rings (SSSR count). The van der Waals surface area contributed by atoms with Gasteiger partial charge in [-0.3, -0.25) is 9.48 Å². The van der Waals surface area contributed by atoms with Crippen molar-refractivity contribution in [1.82, 2.24) is 39.5 Å². The van der Waals surface area contributed by atoms with E-state index in [1.54, 1.807) is 0 Å². The van der Waals surface area contributed by atoms with Gasteiger partial charge in [-0.2, -0.15) is 15.1 Å². The van der Waals surface area contributed by atoms with Crippen molar-refractivity contribution in [2.75, 3.05) is 43.4 Å². The number of nitrogens with one attached hydrogen (secondary N) is 2. The van der Waals surface area contributed by atoms with Crippen LogP contribution in [0, 0.1) is 0 Å². The number of likely N-dealkylation sites (tertiary alicyclic amines) is 1. The smallest absolute Gasteiger partial charge is 0.243 e. The van der Waals surface area contributed by atoms with E-state index < -0.39 is 0 Å². The normalized spacial score (nSPS) is 19.5. The molecule has 1 amide bonds. The zero-order chi connectivity index (χ0) is 24.5. The second kappa shape index (κ2) is 9.65. The Kier molecular flexibility index (Phi) is 6.42. The average Bonchev–Trinajstić information content (AvgIpc) is 3.59. The number of piperidine rings is 1. The Labute approximate surface area is 205 Å². The van der Waals surface area contributed by atoms with Gasteiger partial charge in [0.2, 0.25) is 11.9 Å². The van der Waals surface area contributed by atoms with Crippen LogP contribution in [0.4, 0.5) is 17.5 Å². The van der Waals surface area contributed by atoms with Gasteiger partial charge in [-0.15, -0.1) is 0 Å². The number of carbonyl (C=O) groups excluding carboxylic acids is 1. The molecule has 11 heteroatoms. The molecule has 0 spiro atoms. The molecule has 2 saturated heterocycles. The summed E-state index contributed by atoms with van der Waals surface area (Å²) in [6, 6.07) is 0.662.